The molecule has 2 atom stereocenters. The molecule has 1 heterocycles. The smallest absolute Gasteiger partial charge is 0.342 e. The number of esters is 1. The Hall–Kier alpha value is -1.55. The van der Waals surface area contributed by atoms with Crippen molar-refractivity contribution in [2.75, 3.05) is 0 Å². The van der Waals surface area contributed by atoms with Gasteiger partial charge in [-0.2, -0.15) is 0 Å². The van der Waals surface area contributed by atoms with E-state index in [0.717, 1.165) is 12.8 Å². The van der Waals surface area contributed by atoms with Gasteiger partial charge in [-0.15, -0.1) is 0 Å². The summed E-state index contributed by atoms with van der Waals surface area (Å²) in [4.78, 5) is 12.4. The van der Waals surface area contributed by atoms with Crippen molar-refractivity contribution in [3.05, 3.63) is 29.8 Å². The highest BCUT2D eigenvalue weighted by atomic mass is 16.5. The van der Waals surface area contributed by atoms with Crippen LogP contribution in [0.3, 0.4) is 0 Å². The molecule has 4 heteroatoms. The largest absolute Gasteiger partial charge is 0.507 e. The molecule has 2 N–H and O–H groups in total. The van der Waals surface area contributed by atoms with Crippen LogP contribution < -0.4 is 5.32 Å². The molecule has 0 amide bonds. The number of piperidine rings is 1. The van der Waals surface area contributed by atoms with Crippen molar-refractivity contribution in [1.82, 2.24) is 5.32 Å². The standard InChI is InChI=1S/C18H27NO3/c1-6-13-15(11-17(2,3)19-18(13,4)5)22-16(21)12-9-7-8-10-14(12)20/h7-10,13,15,19-20H,6,11H2,1-5H3. The van der Waals surface area contributed by atoms with Crippen LogP contribution in [0.25, 0.3) is 0 Å². The average Bonchev–Trinajstić information content (AvgIpc) is 2.36. The van der Waals surface area contributed by atoms with E-state index in [1.165, 1.54) is 6.07 Å². The number of nitrogens with one attached hydrogen (secondary N) is 1. The summed E-state index contributed by atoms with van der Waals surface area (Å²) in [5.41, 5.74) is 0.0189. The van der Waals surface area contributed by atoms with Crippen molar-refractivity contribution in [3.63, 3.8) is 0 Å². The minimum absolute atomic E-state index is 0.0343. The van der Waals surface area contributed by atoms with Gasteiger partial charge in [0.1, 0.15) is 17.4 Å². The minimum atomic E-state index is -0.449. The number of hydrogen-bond donors (Lipinski definition) is 2. The Morgan fingerprint density at radius 2 is 1.95 bits per heavy atom. The summed E-state index contributed by atoms with van der Waals surface area (Å²) < 4.78 is 5.79. The summed E-state index contributed by atoms with van der Waals surface area (Å²) in [6, 6.07) is 6.52. The fraction of sp³-hybridized carbons (Fsp3) is 0.611. The van der Waals surface area contributed by atoms with Crippen molar-refractivity contribution >= 4 is 5.97 Å². The first-order chi connectivity index (χ1) is 10.2. The number of carbonyl (C=O) groups is 1. The molecule has 122 valence electrons. The van der Waals surface area contributed by atoms with Gasteiger partial charge in [0.05, 0.1) is 0 Å². The van der Waals surface area contributed by atoms with Crippen LogP contribution in [0.15, 0.2) is 24.3 Å². The van der Waals surface area contributed by atoms with Crippen LogP contribution in [0.4, 0.5) is 0 Å². The monoisotopic (exact) mass is 305 g/mol. The van der Waals surface area contributed by atoms with E-state index in [4.69, 9.17) is 4.74 Å². The van der Waals surface area contributed by atoms with E-state index >= 15 is 0 Å². The number of para-hydroxylation sites is 1. The van der Waals surface area contributed by atoms with Crippen LogP contribution in [0.1, 0.15) is 57.8 Å². The van der Waals surface area contributed by atoms with Gasteiger partial charge in [0.15, 0.2) is 0 Å². The first-order valence-corrected chi connectivity index (χ1v) is 7.94. The van der Waals surface area contributed by atoms with Crippen molar-refractivity contribution in [1.29, 1.82) is 0 Å². The Morgan fingerprint density at radius 3 is 2.55 bits per heavy atom. The molecule has 0 spiro atoms. The van der Waals surface area contributed by atoms with E-state index in [1.807, 2.05) is 0 Å². The second kappa shape index (κ2) is 5.92. The Bertz CT molecular complexity index is 551. The van der Waals surface area contributed by atoms with E-state index in [0.29, 0.717) is 0 Å². The minimum Gasteiger partial charge on any atom is -0.507 e. The maximum absolute atomic E-state index is 12.4. The topological polar surface area (TPSA) is 58.6 Å². The highest BCUT2D eigenvalue weighted by Gasteiger charge is 2.46. The summed E-state index contributed by atoms with van der Waals surface area (Å²) in [6.07, 6.45) is 1.52. The predicted octanol–water partition coefficient (Wildman–Crippen LogP) is 3.49. The fourth-order valence-corrected chi connectivity index (χ4v) is 3.87. The molecule has 1 aromatic rings. The lowest BCUT2D eigenvalue weighted by Gasteiger charge is -2.51. The summed E-state index contributed by atoms with van der Waals surface area (Å²) in [5, 5.41) is 13.5. The van der Waals surface area contributed by atoms with Crippen molar-refractivity contribution in [2.45, 2.75) is 64.6 Å². The van der Waals surface area contributed by atoms with Crippen LogP contribution in [0, 0.1) is 5.92 Å². The highest BCUT2D eigenvalue weighted by molar-refractivity contribution is 5.92. The number of rotatable bonds is 3. The molecule has 0 radical (unpaired) electrons. The van der Waals surface area contributed by atoms with Gasteiger partial charge in [0, 0.05) is 23.4 Å². The summed E-state index contributed by atoms with van der Waals surface area (Å²) in [7, 11) is 0. The zero-order chi connectivity index (χ0) is 16.5. The number of ether oxygens (including phenoxy) is 1. The van der Waals surface area contributed by atoms with Gasteiger partial charge in [0.25, 0.3) is 0 Å². The predicted molar refractivity (Wildman–Crippen MR) is 87.0 cm³/mol. The Labute approximate surface area is 132 Å². The molecule has 0 aromatic heterocycles. The van der Waals surface area contributed by atoms with Gasteiger partial charge in [-0.1, -0.05) is 19.1 Å². The molecule has 1 fully saturated rings. The van der Waals surface area contributed by atoms with Crippen LogP contribution in [-0.4, -0.2) is 28.3 Å². The SMILES string of the molecule is CCC1C(OC(=O)c2ccccc2O)CC(C)(C)NC1(C)C. The van der Waals surface area contributed by atoms with Crippen LogP contribution in [0.5, 0.6) is 5.75 Å². The second-order valence-electron chi connectivity index (χ2n) is 7.41. The maximum atomic E-state index is 12.4. The molecule has 1 aliphatic rings. The molecule has 2 rings (SSSR count). The average molecular weight is 305 g/mol. The zero-order valence-electron chi connectivity index (χ0n) is 14.1. The number of aromatic hydroxyl groups is 1. The summed E-state index contributed by atoms with van der Waals surface area (Å²) >= 11 is 0. The third-order valence-electron chi connectivity index (χ3n) is 4.57. The number of carbonyl (C=O) groups excluding carboxylic acids is 1. The van der Waals surface area contributed by atoms with Crippen molar-refractivity contribution in [3.8, 4) is 5.75 Å². The molecular formula is C18H27NO3. The number of phenols is 1. The quantitative estimate of drug-likeness (QED) is 0.839. The first-order valence-electron chi connectivity index (χ1n) is 7.94. The van der Waals surface area contributed by atoms with E-state index in [1.54, 1.807) is 18.2 Å². The first kappa shape index (κ1) is 16.8. The van der Waals surface area contributed by atoms with Gasteiger partial charge < -0.3 is 15.2 Å². The fourth-order valence-electron chi connectivity index (χ4n) is 3.87. The Morgan fingerprint density at radius 1 is 1.32 bits per heavy atom. The normalized spacial score (nSPS) is 26.4. The van der Waals surface area contributed by atoms with Gasteiger partial charge in [0.2, 0.25) is 0 Å². The van der Waals surface area contributed by atoms with Crippen molar-refractivity contribution < 1.29 is 14.6 Å². The molecule has 1 aromatic carbocycles. The molecule has 2 unspecified atom stereocenters. The molecular weight excluding hydrogens is 278 g/mol. The lowest BCUT2D eigenvalue weighted by atomic mass is 9.71. The molecule has 0 bridgehead atoms. The van der Waals surface area contributed by atoms with Crippen LogP contribution >= 0.6 is 0 Å². The van der Waals surface area contributed by atoms with Gasteiger partial charge in [-0.25, -0.2) is 4.79 Å². The summed E-state index contributed by atoms with van der Waals surface area (Å²) in [5.74, 6) is -0.251. The van der Waals surface area contributed by atoms with E-state index in [2.05, 4.69) is 39.9 Å². The number of phenolic OH excluding ortho intramolecular Hbond substituents is 1. The van der Waals surface area contributed by atoms with Crippen molar-refractivity contribution in [2.24, 2.45) is 5.92 Å². The third kappa shape index (κ3) is 3.43. The van der Waals surface area contributed by atoms with E-state index in [-0.39, 0.29) is 34.4 Å². The lowest BCUT2D eigenvalue weighted by molar-refractivity contribution is -0.0457. The molecule has 22 heavy (non-hydrogen) atoms. The molecule has 0 saturated carbocycles. The van der Waals surface area contributed by atoms with Gasteiger partial charge in [-0.05, 0) is 46.2 Å². The number of benzene rings is 1. The summed E-state index contributed by atoms with van der Waals surface area (Å²) in [6.45, 7) is 10.7. The molecule has 1 saturated heterocycles. The van der Waals surface area contributed by atoms with Crippen LogP contribution in [0.2, 0.25) is 0 Å². The molecule has 4 nitrogen and oxygen atoms in total. The number of hydrogen-bond acceptors (Lipinski definition) is 4. The lowest BCUT2D eigenvalue weighted by Crippen LogP contribution is -2.65. The van der Waals surface area contributed by atoms with Gasteiger partial charge >= 0.3 is 5.97 Å². The maximum Gasteiger partial charge on any atom is 0.342 e. The zero-order valence-corrected chi connectivity index (χ0v) is 14.1. The van der Waals surface area contributed by atoms with Gasteiger partial charge in [-0.3, -0.25) is 0 Å². The Kier molecular flexibility index (Phi) is 4.52. The third-order valence-corrected chi connectivity index (χ3v) is 4.57. The highest BCUT2D eigenvalue weighted by Crippen LogP contribution is 2.37. The second-order valence-corrected chi connectivity index (χ2v) is 7.41. The van der Waals surface area contributed by atoms with E-state index in [9.17, 15) is 9.90 Å². The molecule has 0 aliphatic carbocycles. The van der Waals surface area contributed by atoms with Crippen LogP contribution in [-0.2, 0) is 4.74 Å². The van der Waals surface area contributed by atoms with E-state index < -0.39 is 5.97 Å². The molecule has 1 aliphatic heterocycles. The Balaban J connectivity index is 2.22.